The number of nitrogen functional groups attached to an aromatic ring is 1. The Hall–Kier alpha value is -1.68. The number of anilines is 1. The van der Waals surface area contributed by atoms with Crippen LogP contribution in [0.3, 0.4) is 0 Å². The minimum Gasteiger partial charge on any atom is -0.393 e. The van der Waals surface area contributed by atoms with Gasteiger partial charge < -0.3 is 5.73 Å². The molecule has 20 heavy (non-hydrogen) atoms. The third-order valence-corrected chi connectivity index (χ3v) is 4.41. The van der Waals surface area contributed by atoms with Crippen LogP contribution in [0.1, 0.15) is 37.3 Å². The lowest BCUT2D eigenvalue weighted by Gasteiger charge is -2.14. The van der Waals surface area contributed by atoms with Crippen molar-refractivity contribution < 1.29 is 0 Å². The Morgan fingerprint density at radius 1 is 1.20 bits per heavy atom. The Morgan fingerprint density at radius 3 is 2.40 bits per heavy atom. The highest BCUT2D eigenvalue weighted by Crippen LogP contribution is 2.36. The molecule has 2 N–H and O–H groups in total. The Morgan fingerprint density at radius 2 is 1.80 bits per heavy atom. The second-order valence-electron chi connectivity index (χ2n) is 5.40. The first-order valence-corrected chi connectivity index (χ1v) is 7.30. The van der Waals surface area contributed by atoms with Crippen LogP contribution < -0.4 is 11.3 Å². The van der Waals surface area contributed by atoms with Crippen LogP contribution in [0.4, 0.5) is 5.69 Å². The van der Waals surface area contributed by atoms with E-state index in [1.807, 2.05) is 23.9 Å². The Kier molecular flexibility index (Phi) is 3.34. The second kappa shape index (κ2) is 5.02. The Balaban J connectivity index is 2.14. The molecule has 106 valence electrons. The third-order valence-electron chi connectivity index (χ3n) is 4.16. The fourth-order valence-electron chi connectivity index (χ4n) is 3.20. The number of nitrogens with two attached hydrogens (primary N) is 1. The summed E-state index contributed by atoms with van der Waals surface area (Å²) in [5, 5.41) is 0.653. The van der Waals surface area contributed by atoms with Gasteiger partial charge in [-0.3, -0.25) is 9.48 Å². The fraction of sp³-hybridized carbons (Fsp3) is 0.400. The number of nitrogens with zero attached hydrogens (tertiary/aromatic N) is 2. The molecule has 0 unspecified atom stereocenters. The normalized spacial score (nSPS) is 15.9. The molecule has 1 aromatic carbocycles. The largest absolute Gasteiger partial charge is 0.393 e. The van der Waals surface area contributed by atoms with E-state index in [0.29, 0.717) is 16.6 Å². The number of aromatic nitrogens is 2. The highest BCUT2D eigenvalue weighted by molar-refractivity contribution is 6.30. The maximum Gasteiger partial charge on any atom is 0.294 e. The summed E-state index contributed by atoms with van der Waals surface area (Å²) in [6.45, 7) is 0. The van der Waals surface area contributed by atoms with Crippen molar-refractivity contribution in [3.05, 3.63) is 45.3 Å². The van der Waals surface area contributed by atoms with Gasteiger partial charge in [-0.05, 0) is 37.1 Å². The molecular formula is C15H18ClN3O. The first kappa shape index (κ1) is 13.3. The van der Waals surface area contributed by atoms with Crippen LogP contribution in [0, 0.1) is 0 Å². The molecule has 0 bridgehead atoms. The van der Waals surface area contributed by atoms with Gasteiger partial charge >= 0.3 is 0 Å². The molecule has 3 rings (SSSR count). The van der Waals surface area contributed by atoms with Crippen molar-refractivity contribution in [2.24, 2.45) is 7.05 Å². The quantitative estimate of drug-likeness (QED) is 0.924. The summed E-state index contributed by atoms with van der Waals surface area (Å²) in [4.78, 5) is 12.4. The molecule has 0 aliphatic heterocycles. The molecule has 1 heterocycles. The summed E-state index contributed by atoms with van der Waals surface area (Å²) in [6, 6.07) is 7.23. The molecule has 5 heteroatoms. The smallest absolute Gasteiger partial charge is 0.294 e. The molecule has 0 radical (unpaired) electrons. The van der Waals surface area contributed by atoms with Crippen molar-refractivity contribution in [3.8, 4) is 5.69 Å². The van der Waals surface area contributed by atoms with E-state index in [2.05, 4.69) is 0 Å². The molecule has 2 aromatic rings. The monoisotopic (exact) mass is 291 g/mol. The van der Waals surface area contributed by atoms with E-state index in [1.165, 1.54) is 12.8 Å². The zero-order chi connectivity index (χ0) is 14.3. The van der Waals surface area contributed by atoms with Gasteiger partial charge in [0.05, 0.1) is 11.4 Å². The van der Waals surface area contributed by atoms with Crippen molar-refractivity contribution in [2.45, 2.75) is 31.6 Å². The molecule has 0 spiro atoms. The molecule has 1 fully saturated rings. The van der Waals surface area contributed by atoms with Gasteiger partial charge in [0, 0.05) is 18.0 Å². The molecule has 0 atom stereocenters. The molecule has 1 aliphatic carbocycles. The van der Waals surface area contributed by atoms with Gasteiger partial charge in [0.15, 0.2) is 0 Å². The molecular weight excluding hydrogens is 274 g/mol. The van der Waals surface area contributed by atoms with Crippen molar-refractivity contribution in [2.75, 3.05) is 5.73 Å². The zero-order valence-corrected chi connectivity index (χ0v) is 12.2. The summed E-state index contributed by atoms with van der Waals surface area (Å²) in [5.74, 6) is 0.404. The Labute approximate surface area is 122 Å². The summed E-state index contributed by atoms with van der Waals surface area (Å²) in [6.07, 6.45) is 4.65. The minimum absolute atomic E-state index is 0.142. The highest BCUT2D eigenvalue weighted by Gasteiger charge is 2.26. The number of halogens is 1. The minimum atomic E-state index is -0.142. The molecule has 1 saturated carbocycles. The van der Waals surface area contributed by atoms with E-state index >= 15 is 0 Å². The summed E-state index contributed by atoms with van der Waals surface area (Å²) < 4.78 is 3.52. The average Bonchev–Trinajstić information content (AvgIpc) is 3.01. The lowest BCUT2D eigenvalue weighted by Crippen LogP contribution is -2.20. The van der Waals surface area contributed by atoms with Gasteiger partial charge in [-0.15, -0.1) is 0 Å². The van der Waals surface area contributed by atoms with E-state index < -0.39 is 0 Å². The lowest BCUT2D eigenvalue weighted by atomic mass is 10.0. The summed E-state index contributed by atoms with van der Waals surface area (Å²) >= 11 is 5.90. The van der Waals surface area contributed by atoms with Gasteiger partial charge in [-0.25, -0.2) is 4.68 Å². The molecule has 0 amide bonds. The highest BCUT2D eigenvalue weighted by atomic mass is 35.5. The number of benzene rings is 1. The average molecular weight is 292 g/mol. The van der Waals surface area contributed by atoms with E-state index in [-0.39, 0.29) is 5.56 Å². The standard InChI is InChI=1S/C15H18ClN3O/c1-18-14(10-4-2-3-5-10)13(17)15(20)19(18)12-8-6-11(16)7-9-12/h6-10H,2-5,17H2,1H3. The van der Waals surface area contributed by atoms with Crippen molar-refractivity contribution in [1.29, 1.82) is 0 Å². The van der Waals surface area contributed by atoms with E-state index in [4.69, 9.17) is 17.3 Å². The van der Waals surface area contributed by atoms with Crippen LogP contribution in [0.5, 0.6) is 0 Å². The third kappa shape index (κ3) is 2.04. The number of hydrogen-bond acceptors (Lipinski definition) is 2. The van der Waals surface area contributed by atoms with E-state index in [9.17, 15) is 4.79 Å². The van der Waals surface area contributed by atoms with Gasteiger partial charge in [0.25, 0.3) is 5.56 Å². The predicted molar refractivity (Wildman–Crippen MR) is 81.6 cm³/mol. The zero-order valence-electron chi connectivity index (χ0n) is 11.5. The SMILES string of the molecule is Cn1c(C2CCCC2)c(N)c(=O)n1-c1ccc(Cl)cc1. The topological polar surface area (TPSA) is 52.9 Å². The van der Waals surface area contributed by atoms with Gasteiger partial charge in [-0.2, -0.15) is 0 Å². The summed E-state index contributed by atoms with van der Waals surface area (Å²) in [5.41, 5.74) is 8.08. The van der Waals surface area contributed by atoms with Crippen LogP contribution in [-0.2, 0) is 7.05 Å². The van der Waals surface area contributed by atoms with Crippen LogP contribution in [0.2, 0.25) is 5.02 Å². The lowest BCUT2D eigenvalue weighted by molar-refractivity contribution is 0.568. The number of rotatable bonds is 2. The molecule has 4 nitrogen and oxygen atoms in total. The molecule has 1 aliphatic rings. The van der Waals surface area contributed by atoms with Crippen molar-refractivity contribution in [1.82, 2.24) is 9.36 Å². The van der Waals surface area contributed by atoms with E-state index in [1.54, 1.807) is 16.8 Å². The van der Waals surface area contributed by atoms with E-state index in [0.717, 1.165) is 24.2 Å². The van der Waals surface area contributed by atoms with Crippen LogP contribution >= 0.6 is 11.6 Å². The fourth-order valence-corrected chi connectivity index (χ4v) is 3.32. The second-order valence-corrected chi connectivity index (χ2v) is 5.83. The van der Waals surface area contributed by atoms with Gasteiger partial charge in [-0.1, -0.05) is 24.4 Å². The first-order valence-electron chi connectivity index (χ1n) is 6.93. The maximum absolute atomic E-state index is 12.4. The van der Waals surface area contributed by atoms with Crippen LogP contribution in [-0.4, -0.2) is 9.36 Å². The molecule has 1 aromatic heterocycles. The van der Waals surface area contributed by atoms with Crippen LogP contribution in [0.15, 0.2) is 29.1 Å². The first-order chi connectivity index (χ1) is 9.59. The van der Waals surface area contributed by atoms with Crippen molar-refractivity contribution in [3.63, 3.8) is 0 Å². The van der Waals surface area contributed by atoms with Crippen LogP contribution in [0.25, 0.3) is 5.69 Å². The number of hydrogen-bond donors (Lipinski definition) is 1. The Bertz CT molecular complexity index is 678. The summed E-state index contributed by atoms with van der Waals surface area (Å²) in [7, 11) is 1.90. The van der Waals surface area contributed by atoms with Crippen molar-refractivity contribution >= 4 is 17.3 Å². The molecule has 0 saturated heterocycles. The van der Waals surface area contributed by atoms with Gasteiger partial charge in [0.1, 0.15) is 5.69 Å². The van der Waals surface area contributed by atoms with Gasteiger partial charge in [0.2, 0.25) is 0 Å². The maximum atomic E-state index is 12.4. The predicted octanol–water partition coefficient (Wildman–Crippen LogP) is 3.07.